The highest BCUT2D eigenvalue weighted by Gasteiger charge is 2.13. The molecule has 0 aliphatic heterocycles. The van der Waals surface area contributed by atoms with Crippen LogP contribution in [0.3, 0.4) is 0 Å². The van der Waals surface area contributed by atoms with E-state index in [0.29, 0.717) is 25.0 Å². The number of carbonyl (C=O) groups is 1. The van der Waals surface area contributed by atoms with Crippen molar-refractivity contribution in [3.8, 4) is 11.5 Å². The molecule has 4 nitrogen and oxygen atoms in total. The molecule has 25 heavy (non-hydrogen) atoms. The molecule has 0 fully saturated rings. The molecule has 0 aliphatic carbocycles. The fourth-order valence-corrected chi connectivity index (χ4v) is 2.97. The first-order chi connectivity index (χ1) is 12.1. The fraction of sp³-hybridized carbons (Fsp3) is 0.667. The van der Waals surface area contributed by atoms with Crippen molar-refractivity contribution in [2.24, 2.45) is 0 Å². The van der Waals surface area contributed by atoms with Gasteiger partial charge in [0.1, 0.15) is 5.78 Å². The molecule has 0 aliphatic rings. The van der Waals surface area contributed by atoms with E-state index < -0.39 is 0 Å². The second kappa shape index (κ2) is 12.8. The van der Waals surface area contributed by atoms with E-state index >= 15 is 0 Å². The van der Waals surface area contributed by atoms with Gasteiger partial charge in [-0.25, -0.2) is 0 Å². The van der Waals surface area contributed by atoms with E-state index in [2.05, 4.69) is 6.92 Å². The number of aryl methyl sites for hydroxylation is 1. The fourth-order valence-electron chi connectivity index (χ4n) is 2.97. The molecule has 1 N–H and O–H groups in total. The summed E-state index contributed by atoms with van der Waals surface area (Å²) in [6, 6.07) is 5.22. The van der Waals surface area contributed by atoms with E-state index in [4.69, 9.17) is 9.47 Å². The van der Waals surface area contributed by atoms with Gasteiger partial charge in [-0.3, -0.25) is 4.79 Å². The van der Waals surface area contributed by atoms with E-state index in [9.17, 15) is 9.90 Å². The Balaban J connectivity index is 2.29. The molecule has 1 aromatic rings. The highest BCUT2D eigenvalue weighted by Crippen LogP contribution is 2.26. The number of phenolic OH excluding ortho intramolecular Hbond substituents is 1. The highest BCUT2D eigenvalue weighted by molar-refractivity contribution is 5.79. The SMILES string of the molecule is CCCCCCCCC(CC(=O)CCc1ccc(O)c(OC)c1)OC. The van der Waals surface area contributed by atoms with E-state index in [0.717, 1.165) is 18.4 Å². The van der Waals surface area contributed by atoms with Gasteiger partial charge in [-0.1, -0.05) is 51.5 Å². The summed E-state index contributed by atoms with van der Waals surface area (Å²) >= 11 is 0. The third-order valence-corrected chi connectivity index (χ3v) is 4.60. The number of ketones is 1. The Bertz CT molecular complexity index is 499. The van der Waals surface area contributed by atoms with Crippen LogP contribution < -0.4 is 4.74 Å². The highest BCUT2D eigenvalue weighted by atomic mass is 16.5. The number of hydrogen-bond acceptors (Lipinski definition) is 4. The van der Waals surface area contributed by atoms with Crippen LogP contribution in [0.1, 0.15) is 70.3 Å². The number of benzene rings is 1. The average molecular weight is 350 g/mol. The molecule has 0 spiro atoms. The minimum Gasteiger partial charge on any atom is -0.504 e. The molecule has 0 heterocycles. The van der Waals surface area contributed by atoms with Gasteiger partial charge in [-0.05, 0) is 30.5 Å². The van der Waals surface area contributed by atoms with Crippen LogP contribution in [0.15, 0.2) is 18.2 Å². The van der Waals surface area contributed by atoms with Gasteiger partial charge >= 0.3 is 0 Å². The molecular formula is C21H34O4. The van der Waals surface area contributed by atoms with Crippen molar-refractivity contribution in [2.75, 3.05) is 14.2 Å². The van der Waals surface area contributed by atoms with Gasteiger partial charge in [0.2, 0.25) is 0 Å². The van der Waals surface area contributed by atoms with E-state index in [-0.39, 0.29) is 17.6 Å². The predicted molar refractivity (Wildman–Crippen MR) is 101 cm³/mol. The molecule has 0 aromatic heterocycles. The summed E-state index contributed by atoms with van der Waals surface area (Å²) in [5, 5.41) is 9.61. The van der Waals surface area contributed by atoms with E-state index in [1.165, 1.54) is 39.2 Å². The number of unbranched alkanes of at least 4 members (excludes halogenated alkanes) is 5. The first-order valence-corrected chi connectivity index (χ1v) is 9.51. The third kappa shape index (κ3) is 8.92. The Morgan fingerprint density at radius 2 is 1.84 bits per heavy atom. The normalized spacial score (nSPS) is 12.1. The van der Waals surface area contributed by atoms with Gasteiger partial charge in [0.05, 0.1) is 13.2 Å². The molecule has 1 rings (SSSR count). The number of aromatic hydroxyl groups is 1. The largest absolute Gasteiger partial charge is 0.504 e. The summed E-state index contributed by atoms with van der Waals surface area (Å²) in [6.07, 6.45) is 10.1. The van der Waals surface area contributed by atoms with Gasteiger partial charge in [-0.15, -0.1) is 0 Å². The van der Waals surface area contributed by atoms with Crippen molar-refractivity contribution in [1.29, 1.82) is 0 Å². The van der Waals surface area contributed by atoms with E-state index in [1.807, 2.05) is 6.07 Å². The van der Waals surface area contributed by atoms with Crippen LogP contribution in [0.5, 0.6) is 11.5 Å². The lowest BCUT2D eigenvalue weighted by Crippen LogP contribution is -2.16. The van der Waals surface area contributed by atoms with Crippen LogP contribution in [0, 0.1) is 0 Å². The van der Waals surface area contributed by atoms with Crippen LogP contribution in [0.4, 0.5) is 0 Å². The predicted octanol–water partition coefficient (Wildman–Crippen LogP) is 5.06. The quantitative estimate of drug-likeness (QED) is 0.477. The lowest BCUT2D eigenvalue weighted by Gasteiger charge is -2.14. The summed E-state index contributed by atoms with van der Waals surface area (Å²) < 4.78 is 10.6. The number of methoxy groups -OCH3 is 2. The maximum atomic E-state index is 12.2. The standard InChI is InChI=1S/C21H34O4/c1-4-5-6-7-8-9-10-19(24-2)16-18(22)13-11-17-12-14-20(23)21(15-17)25-3/h12,14-15,19,23H,4-11,13,16H2,1-3H3. The number of ether oxygens (including phenoxy) is 2. The van der Waals surface area contributed by atoms with Crippen molar-refractivity contribution >= 4 is 5.78 Å². The average Bonchev–Trinajstić information content (AvgIpc) is 2.62. The van der Waals surface area contributed by atoms with Gasteiger partial charge in [0, 0.05) is 20.0 Å². The minimum atomic E-state index is 0.0352. The monoisotopic (exact) mass is 350 g/mol. The third-order valence-electron chi connectivity index (χ3n) is 4.60. The Morgan fingerprint density at radius 1 is 1.12 bits per heavy atom. The first-order valence-electron chi connectivity index (χ1n) is 9.51. The molecule has 0 radical (unpaired) electrons. The molecule has 0 saturated heterocycles. The zero-order valence-electron chi connectivity index (χ0n) is 16.1. The Hall–Kier alpha value is -1.55. The molecule has 0 amide bonds. The number of rotatable bonds is 14. The Labute approximate surface area is 152 Å². The van der Waals surface area contributed by atoms with Crippen LogP contribution in [-0.4, -0.2) is 31.2 Å². The number of carbonyl (C=O) groups excluding carboxylic acids is 1. The van der Waals surface area contributed by atoms with Gasteiger partial charge in [0.25, 0.3) is 0 Å². The number of Topliss-reactive ketones (excluding diaryl/α,β-unsaturated/α-hetero) is 1. The van der Waals surface area contributed by atoms with Crippen molar-refractivity contribution < 1.29 is 19.4 Å². The molecule has 0 bridgehead atoms. The summed E-state index contributed by atoms with van der Waals surface area (Å²) in [7, 11) is 3.22. The summed E-state index contributed by atoms with van der Waals surface area (Å²) in [6.45, 7) is 2.22. The Kier molecular flexibility index (Phi) is 11.0. The minimum absolute atomic E-state index is 0.0352. The maximum Gasteiger partial charge on any atom is 0.160 e. The lowest BCUT2D eigenvalue weighted by atomic mass is 10.0. The van der Waals surface area contributed by atoms with Crippen molar-refractivity contribution in [2.45, 2.75) is 77.2 Å². The molecule has 4 heteroatoms. The molecule has 1 aromatic carbocycles. The summed E-state index contributed by atoms with van der Waals surface area (Å²) in [5.74, 6) is 0.795. The summed E-state index contributed by atoms with van der Waals surface area (Å²) in [5.41, 5.74) is 0.993. The number of phenols is 1. The topological polar surface area (TPSA) is 55.8 Å². The molecule has 142 valence electrons. The first kappa shape index (κ1) is 21.5. The molecule has 0 saturated carbocycles. The van der Waals surface area contributed by atoms with Crippen LogP contribution in [0.2, 0.25) is 0 Å². The Morgan fingerprint density at radius 3 is 2.52 bits per heavy atom. The summed E-state index contributed by atoms with van der Waals surface area (Å²) in [4.78, 5) is 12.2. The van der Waals surface area contributed by atoms with Gasteiger partial charge < -0.3 is 14.6 Å². The van der Waals surface area contributed by atoms with Crippen molar-refractivity contribution in [3.05, 3.63) is 23.8 Å². The molecular weight excluding hydrogens is 316 g/mol. The smallest absolute Gasteiger partial charge is 0.160 e. The molecule has 1 unspecified atom stereocenters. The zero-order valence-corrected chi connectivity index (χ0v) is 16.1. The van der Waals surface area contributed by atoms with Crippen LogP contribution in [0.25, 0.3) is 0 Å². The van der Waals surface area contributed by atoms with Gasteiger partial charge in [-0.2, -0.15) is 0 Å². The molecule has 1 atom stereocenters. The van der Waals surface area contributed by atoms with E-state index in [1.54, 1.807) is 19.2 Å². The van der Waals surface area contributed by atoms with Crippen LogP contribution in [-0.2, 0) is 16.0 Å². The second-order valence-corrected chi connectivity index (χ2v) is 6.66. The zero-order chi connectivity index (χ0) is 18.5. The van der Waals surface area contributed by atoms with Crippen molar-refractivity contribution in [3.63, 3.8) is 0 Å². The number of hydrogen-bond donors (Lipinski definition) is 1. The van der Waals surface area contributed by atoms with Gasteiger partial charge in [0.15, 0.2) is 11.5 Å². The lowest BCUT2D eigenvalue weighted by molar-refractivity contribution is -0.121. The maximum absolute atomic E-state index is 12.2. The van der Waals surface area contributed by atoms with Crippen LogP contribution >= 0.6 is 0 Å². The van der Waals surface area contributed by atoms with Crippen molar-refractivity contribution in [1.82, 2.24) is 0 Å². The second-order valence-electron chi connectivity index (χ2n) is 6.66.